The number of carbonyl (C=O) groups is 1. The van der Waals surface area contributed by atoms with Crippen LogP contribution in [0.5, 0.6) is 0 Å². The van der Waals surface area contributed by atoms with Gasteiger partial charge in [0.15, 0.2) is 0 Å². The van der Waals surface area contributed by atoms with E-state index < -0.39 is 24.3 Å². The third-order valence-electron chi connectivity index (χ3n) is 4.33. The first kappa shape index (κ1) is 21.2. The fraction of sp³-hybridized carbons (Fsp3) is 0.526. The van der Waals surface area contributed by atoms with Gasteiger partial charge in [0.05, 0.1) is 17.7 Å². The normalized spacial score (nSPS) is 15.5. The number of halogens is 3. The number of rotatable bonds is 2. The molecule has 0 atom stereocenters. The molecule has 1 amide bonds. The number of hydrogen-bond donors (Lipinski definition) is 0. The molecule has 3 heterocycles. The number of alkyl halides is 3. The lowest BCUT2D eigenvalue weighted by Gasteiger charge is -2.37. The molecule has 0 unspecified atom stereocenters. The van der Waals surface area contributed by atoms with Crippen LogP contribution in [0.15, 0.2) is 12.3 Å². The first-order chi connectivity index (χ1) is 13.5. The number of ether oxygens (including phenoxy) is 1. The van der Waals surface area contributed by atoms with Gasteiger partial charge in [-0.15, -0.1) is 11.3 Å². The standard InChI is InChI=1S/C19H21F3N4O2S/c1-18(2,3)28-17(27)26-6-4-25(5-7-26)15-12(10-23)11-24-16-14(15)8-13(29-16)9-19(20,21)22/h8,11H,4-7,9H2,1-3H3. The van der Waals surface area contributed by atoms with E-state index in [0.29, 0.717) is 47.6 Å². The van der Waals surface area contributed by atoms with Crippen molar-refractivity contribution >= 4 is 33.3 Å². The van der Waals surface area contributed by atoms with Crippen molar-refractivity contribution in [3.63, 3.8) is 0 Å². The maximum atomic E-state index is 12.8. The highest BCUT2D eigenvalue weighted by atomic mass is 32.1. The van der Waals surface area contributed by atoms with Gasteiger partial charge < -0.3 is 14.5 Å². The van der Waals surface area contributed by atoms with Gasteiger partial charge in [0.25, 0.3) is 0 Å². The number of pyridine rings is 1. The van der Waals surface area contributed by atoms with Crippen molar-refractivity contribution in [2.24, 2.45) is 0 Å². The molecule has 3 rings (SSSR count). The van der Waals surface area contributed by atoms with E-state index in [-0.39, 0.29) is 4.88 Å². The molecule has 2 aromatic heterocycles. The molecule has 6 nitrogen and oxygen atoms in total. The lowest BCUT2D eigenvalue weighted by molar-refractivity contribution is -0.126. The number of amides is 1. The van der Waals surface area contributed by atoms with Crippen LogP contribution in [0.4, 0.5) is 23.7 Å². The van der Waals surface area contributed by atoms with E-state index in [0.717, 1.165) is 11.3 Å². The third-order valence-corrected chi connectivity index (χ3v) is 5.37. The second-order valence-corrected chi connectivity index (χ2v) is 8.93. The molecule has 156 valence electrons. The molecule has 0 N–H and O–H groups in total. The van der Waals surface area contributed by atoms with Crippen molar-refractivity contribution in [3.8, 4) is 6.07 Å². The Balaban J connectivity index is 1.84. The van der Waals surface area contributed by atoms with E-state index >= 15 is 0 Å². The molecule has 0 bridgehead atoms. The fourth-order valence-electron chi connectivity index (χ4n) is 3.17. The van der Waals surface area contributed by atoms with Gasteiger partial charge in [-0.25, -0.2) is 9.78 Å². The highest BCUT2D eigenvalue weighted by Gasteiger charge is 2.31. The third kappa shape index (κ3) is 5.09. The summed E-state index contributed by atoms with van der Waals surface area (Å²) in [4.78, 5) is 20.5. The van der Waals surface area contributed by atoms with E-state index in [2.05, 4.69) is 11.1 Å². The molecule has 0 saturated carbocycles. The molecule has 0 aromatic carbocycles. The van der Waals surface area contributed by atoms with Crippen molar-refractivity contribution in [1.82, 2.24) is 9.88 Å². The number of nitriles is 1. The second kappa shape index (κ2) is 7.71. The lowest BCUT2D eigenvalue weighted by atomic mass is 10.1. The Kier molecular flexibility index (Phi) is 5.63. The first-order valence-corrected chi connectivity index (χ1v) is 9.89. The Morgan fingerprint density at radius 3 is 2.48 bits per heavy atom. The number of hydrogen-bond acceptors (Lipinski definition) is 6. The number of nitrogens with zero attached hydrogens (tertiary/aromatic N) is 4. The largest absolute Gasteiger partial charge is 0.444 e. The lowest BCUT2D eigenvalue weighted by Crippen LogP contribution is -2.50. The van der Waals surface area contributed by atoms with E-state index in [1.165, 1.54) is 12.3 Å². The van der Waals surface area contributed by atoms with Crippen LogP contribution in [-0.4, -0.2) is 53.9 Å². The van der Waals surface area contributed by atoms with Crippen LogP contribution in [0, 0.1) is 11.3 Å². The Labute approximate surface area is 170 Å². The van der Waals surface area contributed by atoms with Gasteiger partial charge in [-0.2, -0.15) is 18.4 Å². The highest BCUT2D eigenvalue weighted by Crippen LogP contribution is 2.37. The number of fused-ring (bicyclic) bond motifs is 1. The second-order valence-electron chi connectivity index (χ2n) is 7.81. The molecule has 1 fully saturated rings. The summed E-state index contributed by atoms with van der Waals surface area (Å²) in [5.74, 6) is 0. The molecule has 1 aliphatic rings. The first-order valence-electron chi connectivity index (χ1n) is 9.08. The predicted molar refractivity (Wildman–Crippen MR) is 104 cm³/mol. The molecule has 0 aliphatic carbocycles. The number of piperazine rings is 1. The van der Waals surface area contributed by atoms with E-state index in [4.69, 9.17) is 4.74 Å². The average Bonchev–Trinajstić information content (AvgIpc) is 2.99. The van der Waals surface area contributed by atoms with E-state index in [1.807, 2.05) is 4.90 Å². The van der Waals surface area contributed by atoms with E-state index in [9.17, 15) is 23.2 Å². The van der Waals surface area contributed by atoms with Crippen LogP contribution in [0.3, 0.4) is 0 Å². The van der Waals surface area contributed by atoms with Crippen molar-refractivity contribution in [2.45, 2.75) is 39.0 Å². The number of anilines is 1. The predicted octanol–water partition coefficient (Wildman–Crippen LogP) is 4.33. The molecule has 0 spiro atoms. The molecule has 2 aromatic rings. The van der Waals surface area contributed by atoms with Gasteiger partial charge in [-0.1, -0.05) is 0 Å². The monoisotopic (exact) mass is 426 g/mol. The maximum Gasteiger partial charge on any atom is 0.410 e. The van der Waals surface area contributed by atoms with Crippen molar-refractivity contribution < 1.29 is 22.7 Å². The quantitative estimate of drug-likeness (QED) is 0.715. The van der Waals surface area contributed by atoms with Gasteiger partial charge in [-0.3, -0.25) is 0 Å². The number of aromatic nitrogens is 1. The SMILES string of the molecule is CC(C)(C)OC(=O)N1CCN(c2c(C#N)cnc3sc(CC(F)(F)F)cc23)CC1. The smallest absolute Gasteiger partial charge is 0.410 e. The fourth-order valence-corrected chi connectivity index (χ4v) is 4.20. The molecule has 0 radical (unpaired) electrons. The molecular formula is C19H21F3N4O2S. The van der Waals surface area contributed by atoms with Crippen LogP contribution in [0.1, 0.15) is 31.2 Å². The summed E-state index contributed by atoms with van der Waals surface area (Å²) in [6, 6.07) is 3.55. The summed E-state index contributed by atoms with van der Waals surface area (Å²) in [5.41, 5.74) is 0.288. The Hall–Kier alpha value is -2.54. The van der Waals surface area contributed by atoms with Gasteiger partial charge >= 0.3 is 12.3 Å². The molecular weight excluding hydrogens is 405 g/mol. The summed E-state index contributed by atoms with van der Waals surface area (Å²) in [6.45, 7) is 7.05. The zero-order valence-electron chi connectivity index (χ0n) is 16.3. The van der Waals surface area contributed by atoms with Gasteiger partial charge in [0, 0.05) is 42.6 Å². The molecule has 1 aliphatic heterocycles. The van der Waals surface area contributed by atoms with Crippen molar-refractivity contribution in [3.05, 3.63) is 22.7 Å². The van der Waals surface area contributed by atoms with Crippen LogP contribution >= 0.6 is 11.3 Å². The summed E-state index contributed by atoms with van der Waals surface area (Å²) >= 11 is 0.982. The summed E-state index contributed by atoms with van der Waals surface area (Å²) in [6.07, 6.45) is -4.34. The van der Waals surface area contributed by atoms with Crippen LogP contribution in [0.2, 0.25) is 0 Å². The minimum Gasteiger partial charge on any atom is -0.444 e. The van der Waals surface area contributed by atoms with Crippen LogP contribution in [0.25, 0.3) is 10.2 Å². The Bertz CT molecular complexity index is 951. The summed E-state index contributed by atoms with van der Waals surface area (Å²) in [7, 11) is 0. The van der Waals surface area contributed by atoms with Crippen molar-refractivity contribution in [1.29, 1.82) is 5.26 Å². The zero-order valence-corrected chi connectivity index (χ0v) is 17.2. The average molecular weight is 426 g/mol. The molecule has 1 saturated heterocycles. The van der Waals surface area contributed by atoms with Gasteiger partial charge in [0.1, 0.15) is 16.5 Å². The molecule has 10 heteroatoms. The highest BCUT2D eigenvalue weighted by molar-refractivity contribution is 7.18. The summed E-state index contributed by atoms with van der Waals surface area (Å²) < 4.78 is 43.7. The topological polar surface area (TPSA) is 69.5 Å². The van der Waals surface area contributed by atoms with Crippen LogP contribution in [-0.2, 0) is 11.2 Å². The van der Waals surface area contributed by atoms with E-state index in [1.54, 1.807) is 25.7 Å². The van der Waals surface area contributed by atoms with Crippen LogP contribution < -0.4 is 4.90 Å². The number of carbonyl (C=O) groups excluding carboxylic acids is 1. The number of thiophene rings is 1. The minimum atomic E-state index is -4.31. The molecule has 29 heavy (non-hydrogen) atoms. The maximum absolute atomic E-state index is 12.8. The Morgan fingerprint density at radius 2 is 1.93 bits per heavy atom. The van der Waals surface area contributed by atoms with Crippen molar-refractivity contribution in [2.75, 3.05) is 31.1 Å². The Morgan fingerprint density at radius 1 is 1.28 bits per heavy atom. The van der Waals surface area contributed by atoms with Gasteiger partial charge in [0.2, 0.25) is 0 Å². The zero-order chi connectivity index (χ0) is 21.4. The summed E-state index contributed by atoms with van der Waals surface area (Å²) in [5, 5.41) is 10.0. The minimum absolute atomic E-state index is 0.156. The van der Waals surface area contributed by atoms with Gasteiger partial charge in [-0.05, 0) is 26.8 Å².